The molecule has 8 heterocycles. The fourth-order valence-electron chi connectivity index (χ4n) is 12.6. The van der Waals surface area contributed by atoms with Crippen molar-refractivity contribution >= 4 is 234 Å². The number of phenolic OH excluding ortho intramolecular Hbond substituents is 5. The second-order valence-electron chi connectivity index (χ2n) is 30.0. The number of anilines is 1. The summed E-state index contributed by atoms with van der Waals surface area (Å²) in [5, 5.41) is 68.8. The number of methoxy groups -OCH3 is 3. The quantitative estimate of drug-likeness (QED) is 0.00396. The Hall–Kier alpha value is -12.4. The molecule has 143 heavy (non-hydrogen) atoms. The summed E-state index contributed by atoms with van der Waals surface area (Å²) >= 11 is 26.3. The fourth-order valence-corrected chi connectivity index (χ4v) is 19.3. The molecule has 8 aromatic carbocycles. The molecule has 0 saturated carbocycles. The first kappa shape index (κ1) is 114. The van der Waals surface area contributed by atoms with Gasteiger partial charge in [-0.3, -0.25) is 58.2 Å². The van der Waals surface area contributed by atoms with Gasteiger partial charge in [0.05, 0.1) is 75.9 Å². The van der Waals surface area contributed by atoms with Crippen LogP contribution in [0.2, 0.25) is 0 Å². The van der Waals surface area contributed by atoms with E-state index in [4.69, 9.17) is 77.7 Å². The van der Waals surface area contributed by atoms with Crippen LogP contribution in [0.4, 0.5) is 10.6 Å². The Labute approximate surface area is 891 Å². The van der Waals surface area contributed by atoms with E-state index < -0.39 is 15.0 Å². The Bertz CT molecular complexity index is 6620. The topological polar surface area (TPSA) is 474 Å². The molecule has 32 nitrogen and oxygen atoms in total. The van der Waals surface area contributed by atoms with Crippen molar-refractivity contribution in [3.63, 3.8) is 0 Å². The molecule has 736 valence electrons. The number of hydrogen-bond donors (Lipinski definition) is 10. The molecule has 2 atom stereocenters. The number of phenols is 5. The van der Waals surface area contributed by atoms with Crippen molar-refractivity contribution in [3.05, 3.63) is 306 Å². The number of ketones is 3. The van der Waals surface area contributed by atoms with E-state index in [9.17, 15) is 82.0 Å². The molecule has 6 amide bonds. The number of carbonyl (C=O) groups is 10. The van der Waals surface area contributed by atoms with Crippen molar-refractivity contribution in [1.29, 1.82) is 0 Å². The molecule has 0 bridgehead atoms. The van der Waals surface area contributed by atoms with Gasteiger partial charge in [-0.25, -0.2) is 4.98 Å². The van der Waals surface area contributed by atoms with Crippen LogP contribution in [0.5, 0.6) is 57.5 Å². The first-order valence-electron chi connectivity index (χ1n) is 42.3. The molecule has 16 rings (SSSR count). The SMILES string of the molecule is CCc1ccc(CCOc2ccc(CC3SC(=O)CC3=O)cc2)nc1.CN(CCOc1ccc(CC2SC(=O)NC2=O)cc1)c1ccccn1.COc1cc(/C=C2\SC(=S)NC2=O)cc(OC)c1O.COc1cc(/C=C2\SC(=S)NC2=O)ccc1O.O=C(/C=C1\SC(=S)NC1=O)Cc1cccc(O)c1.O=C(/C=C1\SC(=S)NC1=O)Cc1ccccc1.O=S(=O)(O[O-])c1cc(O)cc(/C=C/c2ccc(O)cc2)c1.[Na+]. The molecule has 6 saturated heterocycles. The summed E-state index contributed by atoms with van der Waals surface area (Å²) in [5.41, 5.74) is 8.51. The van der Waals surface area contributed by atoms with E-state index in [0.29, 0.717) is 91.8 Å². The Balaban J connectivity index is 0.000000187. The predicted octanol–water partition coefficient (Wildman–Crippen LogP) is 11.3. The zero-order chi connectivity index (χ0) is 103. The number of ether oxygens (including phenoxy) is 5. The number of benzene rings is 8. The number of Topliss-reactive ketones (excluding diaryl/α,β-unsaturated/α-hetero) is 1. The van der Waals surface area contributed by atoms with Gasteiger partial charge in [0.2, 0.25) is 11.7 Å². The van der Waals surface area contributed by atoms with E-state index in [1.165, 1.54) is 105 Å². The number of nitrogens with one attached hydrogen (secondary N) is 5. The monoisotopic (exact) mass is 2150 g/mol. The predicted molar refractivity (Wildman–Crippen MR) is 564 cm³/mol. The smallest absolute Gasteiger partial charge is 0.707 e. The molecule has 6 fully saturated rings. The fraction of sp³-hybridized carbons (Fsp3) is 0.172. The normalized spacial score (nSPS) is 16.1. The second-order valence-corrected chi connectivity index (χ2v) is 40.9. The van der Waals surface area contributed by atoms with Crippen molar-refractivity contribution in [2.24, 2.45) is 0 Å². The molecule has 2 aromatic heterocycles. The van der Waals surface area contributed by atoms with Crippen molar-refractivity contribution in [3.8, 4) is 57.5 Å². The van der Waals surface area contributed by atoms with E-state index in [1.54, 1.807) is 79.0 Å². The molecular formula is C99H89N8NaO24S11. The molecule has 2 unspecified atom stereocenters. The van der Waals surface area contributed by atoms with Crippen LogP contribution >= 0.6 is 119 Å². The average Bonchev–Trinajstić information content (AvgIpc) is 1.79. The van der Waals surface area contributed by atoms with Gasteiger partial charge in [0.1, 0.15) is 58.5 Å². The minimum atomic E-state index is -4.41. The van der Waals surface area contributed by atoms with Crippen LogP contribution < -0.4 is 90.0 Å². The number of thioether (sulfide) groups is 6. The third-order valence-electron chi connectivity index (χ3n) is 19.7. The zero-order valence-corrected chi connectivity index (χ0v) is 87.8. The van der Waals surface area contributed by atoms with Gasteiger partial charge in [-0.2, -0.15) is 8.42 Å². The molecule has 44 heteroatoms. The van der Waals surface area contributed by atoms with Gasteiger partial charge in [-0.15, -0.1) is 0 Å². The van der Waals surface area contributed by atoms with E-state index in [-0.39, 0.29) is 150 Å². The van der Waals surface area contributed by atoms with Crippen molar-refractivity contribution in [1.82, 2.24) is 36.6 Å². The Kier molecular flexibility index (Phi) is 45.7. The van der Waals surface area contributed by atoms with Crippen LogP contribution in [-0.4, -0.2) is 177 Å². The van der Waals surface area contributed by atoms with Crippen molar-refractivity contribution in [2.45, 2.75) is 67.3 Å². The van der Waals surface area contributed by atoms with Gasteiger partial charge in [0, 0.05) is 62.6 Å². The maximum Gasteiger partial charge on any atom is 1.00 e. The van der Waals surface area contributed by atoms with Gasteiger partial charge < -0.3 is 85.0 Å². The molecule has 0 radical (unpaired) electrons. The molecule has 0 spiro atoms. The maximum atomic E-state index is 11.7. The number of imide groups is 1. The van der Waals surface area contributed by atoms with Gasteiger partial charge >= 0.3 is 29.6 Å². The van der Waals surface area contributed by atoms with Crippen molar-refractivity contribution in [2.75, 3.05) is 53.0 Å². The van der Waals surface area contributed by atoms with Gasteiger partial charge in [0.25, 0.3) is 39.0 Å². The Morgan fingerprint density at radius 1 is 0.497 bits per heavy atom. The summed E-state index contributed by atoms with van der Waals surface area (Å²) in [6.07, 6.45) is 16.3. The summed E-state index contributed by atoms with van der Waals surface area (Å²) < 4.78 is 54.0. The van der Waals surface area contributed by atoms with Gasteiger partial charge in [0.15, 0.2) is 45.5 Å². The number of thiocarbonyl (C=S) groups is 4. The number of carbonyl (C=O) groups excluding carboxylic acids is 10. The summed E-state index contributed by atoms with van der Waals surface area (Å²) in [7, 11) is 1.91. The van der Waals surface area contributed by atoms with Crippen LogP contribution in [0.15, 0.2) is 255 Å². The minimum absolute atomic E-state index is 0. The minimum Gasteiger partial charge on any atom is -0.707 e. The number of nitrogens with zero attached hydrogens (tertiary/aromatic N) is 3. The Morgan fingerprint density at radius 3 is 1.50 bits per heavy atom. The first-order valence-corrected chi connectivity index (χ1v) is 50.4. The molecule has 6 aliphatic rings. The number of hydrogen-bond acceptors (Lipinski definition) is 37. The van der Waals surface area contributed by atoms with Crippen LogP contribution in [0, 0.1) is 0 Å². The van der Waals surface area contributed by atoms with Crippen LogP contribution in [0.1, 0.15) is 69.1 Å². The van der Waals surface area contributed by atoms with Crippen molar-refractivity contribution < 1.29 is 145 Å². The number of aromatic hydroxyl groups is 5. The third kappa shape index (κ3) is 37.7. The van der Waals surface area contributed by atoms with Crippen LogP contribution in [0.3, 0.4) is 0 Å². The largest absolute Gasteiger partial charge is 1.00 e. The van der Waals surface area contributed by atoms with Gasteiger partial charge in [-0.05, 0) is 185 Å². The average molecular weight is 2150 g/mol. The number of aromatic nitrogens is 2. The summed E-state index contributed by atoms with van der Waals surface area (Å²) in [6.45, 7) is 3.95. The number of likely N-dealkylation sites (N-methyl/N-ethyl adjacent to an activating group) is 1. The number of aryl methyl sites for hydroxylation is 1. The summed E-state index contributed by atoms with van der Waals surface area (Å²) in [4.78, 5) is 127. The second kappa shape index (κ2) is 57.2. The third-order valence-corrected chi connectivity index (χ3v) is 27.4. The van der Waals surface area contributed by atoms with E-state index >= 15 is 0 Å². The summed E-state index contributed by atoms with van der Waals surface area (Å²) in [5.74, 6) is 1.78. The standard InChI is InChI=1S/C20H21NO3S.C18H19N3O3S.C14H12O6S.C12H11NO4S2.C12H9NO3S2.C12H9NO2S2.C11H9NO3S2.Na/c1-2-14-3-6-16(21-13-14)9-10-24-17-7-4-15(5-8-17)11-19-18(22)12-20(23)25-19;1-21(16-4-2-3-9-19-16)10-11-24-14-7-5-13(6-8-14)12-15-17(22)20-18(23)25-15;15-12-5-3-10(4-6-12)1-2-11-7-13(16)9-14(8-11)21(18,19)20-17;1-16-7-3-6(4-8(17-2)10(7)14)5-9-11(15)13-12(18)19-9;14-8-3-1-2-7(4-8)5-9(15)6-10-11(16)13-12(17)18-10;14-9(6-8-4-2-1-3-5-8)7-10-11(15)13-12(16)17-10;1-15-8-4-6(2-3-7(8)13)5-9-10(14)12-11(16)17-9;/h3-8,13,19H,2,9-12H2,1H3;2-9,15H,10-12H2,1H3,(H,20,22,23);1-9,15-17H;3-5,14H,1-2H3,(H,13,15,18);1-4,6,14H,5H2,(H,13,16,17);1-5,7H,6H2,(H,13,15,16);2-5,13H,1H3,(H,12,14,16);/q;;;;;;;+1/p-1/b;;2-1+;9-5-;10-6-;10-7-;9-5-;. The van der Waals surface area contributed by atoms with E-state index in [2.05, 4.69) is 53.9 Å². The van der Waals surface area contributed by atoms with E-state index in [1.807, 2.05) is 121 Å². The molecule has 10 aromatic rings. The first-order chi connectivity index (χ1) is 68.0. The maximum absolute atomic E-state index is 11.7. The van der Waals surface area contributed by atoms with Gasteiger partial charge in [-0.1, -0.05) is 236 Å². The molecule has 6 aliphatic heterocycles. The Morgan fingerprint density at radius 2 is 1.01 bits per heavy atom. The number of pyridine rings is 2. The zero-order valence-electron chi connectivity index (χ0n) is 76.8. The molecule has 0 aliphatic carbocycles. The molecule has 10 N–H and O–H groups in total. The number of rotatable bonds is 29. The number of amides is 6. The van der Waals surface area contributed by atoms with Crippen LogP contribution in [0.25, 0.3) is 24.3 Å². The summed E-state index contributed by atoms with van der Waals surface area (Å²) in [6, 6.07) is 59.0. The number of allylic oxidation sites excluding steroid dienone is 2. The van der Waals surface area contributed by atoms with Crippen LogP contribution in [-0.2, 0) is 96.1 Å². The molecular weight excluding hydrogens is 2060 g/mol. The van der Waals surface area contributed by atoms with E-state index in [0.717, 1.165) is 123 Å².